The van der Waals surface area contributed by atoms with Gasteiger partial charge in [-0.3, -0.25) is 4.99 Å². The summed E-state index contributed by atoms with van der Waals surface area (Å²) >= 11 is 1.87. The van der Waals surface area contributed by atoms with Gasteiger partial charge in [0.1, 0.15) is 0 Å². The molecule has 0 aliphatic carbocycles. The van der Waals surface area contributed by atoms with Crippen molar-refractivity contribution in [1.82, 2.24) is 5.32 Å². The minimum atomic E-state index is 0. The monoisotopic (exact) mass is 314 g/mol. The van der Waals surface area contributed by atoms with E-state index < -0.39 is 0 Å². The second kappa shape index (κ2) is 9.12. The van der Waals surface area contributed by atoms with Gasteiger partial charge >= 0.3 is 0 Å². The second-order valence-electron chi connectivity index (χ2n) is 3.02. The zero-order valence-electron chi connectivity index (χ0n) is 8.21. The van der Waals surface area contributed by atoms with Gasteiger partial charge in [0, 0.05) is 12.3 Å². The van der Waals surface area contributed by atoms with Crippen LogP contribution in [0.5, 0.6) is 0 Å². The van der Waals surface area contributed by atoms with Gasteiger partial charge < -0.3 is 5.32 Å². The number of aliphatic imine (C=N–C) groups is 1. The maximum absolute atomic E-state index is 4.32. The number of amidine groups is 1. The van der Waals surface area contributed by atoms with E-state index in [0.717, 1.165) is 18.3 Å². The Labute approximate surface area is 102 Å². The summed E-state index contributed by atoms with van der Waals surface area (Å²) in [7, 11) is 0. The zero-order chi connectivity index (χ0) is 8.65. The summed E-state index contributed by atoms with van der Waals surface area (Å²) in [6.07, 6.45) is 5.40. The Kier molecular flexibility index (Phi) is 9.50. The highest BCUT2D eigenvalue weighted by atomic mass is 127. The van der Waals surface area contributed by atoms with E-state index >= 15 is 0 Å². The van der Waals surface area contributed by atoms with Gasteiger partial charge in [0.15, 0.2) is 5.17 Å². The summed E-state index contributed by atoms with van der Waals surface area (Å²) in [5.41, 5.74) is 0. The van der Waals surface area contributed by atoms with Crippen LogP contribution in [0.3, 0.4) is 0 Å². The van der Waals surface area contributed by atoms with E-state index in [1.165, 1.54) is 31.4 Å². The van der Waals surface area contributed by atoms with Crippen molar-refractivity contribution in [2.24, 2.45) is 4.99 Å². The Morgan fingerprint density at radius 3 is 2.85 bits per heavy atom. The number of unbranched alkanes of at least 4 members (excludes halogenated alkanes) is 3. The summed E-state index contributed by atoms with van der Waals surface area (Å²) in [4.78, 5) is 4.32. The average Bonchev–Trinajstić information content (AvgIpc) is 2.57. The minimum Gasteiger partial charge on any atom is -0.363 e. The zero-order valence-corrected chi connectivity index (χ0v) is 11.4. The number of thioether (sulfide) groups is 1. The summed E-state index contributed by atoms with van der Waals surface area (Å²) in [6, 6.07) is 0. The number of nitrogens with one attached hydrogen (secondary N) is 1. The van der Waals surface area contributed by atoms with Gasteiger partial charge in [0.05, 0.1) is 6.54 Å². The first-order valence-corrected chi connectivity index (χ1v) is 5.83. The van der Waals surface area contributed by atoms with Crippen LogP contribution in [0.2, 0.25) is 0 Å². The molecule has 0 aromatic rings. The topological polar surface area (TPSA) is 24.4 Å². The molecule has 0 radical (unpaired) electrons. The predicted molar refractivity (Wildman–Crippen MR) is 72.3 cm³/mol. The first-order chi connectivity index (χ1) is 5.93. The van der Waals surface area contributed by atoms with Crippen molar-refractivity contribution in [1.29, 1.82) is 0 Å². The third-order valence-corrected chi connectivity index (χ3v) is 2.92. The highest BCUT2D eigenvalue weighted by Gasteiger charge is 2.03. The van der Waals surface area contributed by atoms with Gasteiger partial charge in [-0.25, -0.2) is 0 Å². The number of rotatable bonds is 5. The Balaban J connectivity index is 0.00000144. The van der Waals surface area contributed by atoms with Crippen molar-refractivity contribution in [3.63, 3.8) is 0 Å². The first kappa shape index (κ1) is 13.5. The van der Waals surface area contributed by atoms with E-state index in [1.54, 1.807) is 0 Å². The van der Waals surface area contributed by atoms with Crippen LogP contribution >= 0.6 is 35.7 Å². The molecule has 1 aliphatic heterocycles. The van der Waals surface area contributed by atoms with Crippen molar-refractivity contribution in [3.8, 4) is 0 Å². The summed E-state index contributed by atoms with van der Waals surface area (Å²) in [6.45, 7) is 4.25. The maximum Gasteiger partial charge on any atom is 0.156 e. The quantitative estimate of drug-likeness (QED) is 0.623. The molecule has 0 fully saturated rings. The molecule has 0 spiro atoms. The average molecular weight is 314 g/mol. The molecule has 0 unspecified atom stereocenters. The van der Waals surface area contributed by atoms with Crippen LogP contribution in [0.4, 0.5) is 0 Å². The fourth-order valence-corrected chi connectivity index (χ4v) is 2.10. The fraction of sp³-hybridized carbons (Fsp3) is 0.889. The molecular formula is C9H19IN2S. The van der Waals surface area contributed by atoms with E-state index in [4.69, 9.17) is 0 Å². The van der Waals surface area contributed by atoms with Crippen LogP contribution < -0.4 is 5.32 Å². The Hall–Kier alpha value is 0.550. The molecule has 0 bridgehead atoms. The van der Waals surface area contributed by atoms with E-state index in [2.05, 4.69) is 17.2 Å². The van der Waals surface area contributed by atoms with Crippen molar-refractivity contribution >= 4 is 40.9 Å². The molecular weight excluding hydrogens is 295 g/mol. The van der Waals surface area contributed by atoms with Crippen LogP contribution in [0.1, 0.15) is 32.6 Å². The molecule has 1 aliphatic rings. The van der Waals surface area contributed by atoms with Gasteiger partial charge in [0.25, 0.3) is 0 Å². The highest BCUT2D eigenvalue weighted by molar-refractivity contribution is 14.0. The van der Waals surface area contributed by atoms with Gasteiger partial charge in [-0.2, -0.15) is 0 Å². The lowest BCUT2D eigenvalue weighted by atomic mass is 10.2. The van der Waals surface area contributed by atoms with Crippen LogP contribution in [0.25, 0.3) is 0 Å². The van der Waals surface area contributed by atoms with Gasteiger partial charge in [0.2, 0.25) is 0 Å². The molecule has 78 valence electrons. The van der Waals surface area contributed by atoms with Gasteiger partial charge in [-0.05, 0) is 6.42 Å². The number of halogens is 1. The lowest BCUT2D eigenvalue weighted by molar-refractivity contribution is 0.707. The predicted octanol–water partition coefficient (Wildman–Crippen LogP) is 2.88. The summed E-state index contributed by atoms with van der Waals surface area (Å²) in [5.74, 6) is 1.23. The maximum atomic E-state index is 4.32. The standard InChI is InChI=1S/C9H18N2S.HI/c1-2-3-4-5-8-12-9-10-6-7-11-9;/h2-8H2,1H3,(H,10,11);1H. The molecule has 1 N–H and O–H groups in total. The highest BCUT2D eigenvalue weighted by Crippen LogP contribution is 2.09. The molecule has 2 nitrogen and oxygen atoms in total. The van der Waals surface area contributed by atoms with Gasteiger partial charge in [-0.15, -0.1) is 24.0 Å². The van der Waals surface area contributed by atoms with Crippen LogP contribution in [0.15, 0.2) is 4.99 Å². The minimum absolute atomic E-state index is 0. The van der Waals surface area contributed by atoms with Crippen molar-refractivity contribution in [2.75, 3.05) is 18.8 Å². The normalized spacial score (nSPS) is 14.7. The van der Waals surface area contributed by atoms with E-state index in [-0.39, 0.29) is 24.0 Å². The van der Waals surface area contributed by atoms with Crippen molar-refractivity contribution in [2.45, 2.75) is 32.6 Å². The third kappa shape index (κ3) is 6.60. The van der Waals surface area contributed by atoms with Crippen LogP contribution in [-0.2, 0) is 0 Å². The Bertz CT molecular complexity index is 151. The third-order valence-electron chi connectivity index (χ3n) is 1.88. The van der Waals surface area contributed by atoms with E-state index in [1.807, 2.05) is 11.8 Å². The molecule has 13 heavy (non-hydrogen) atoms. The fourth-order valence-electron chi connectivity index (χ4n) is 1.17. The Morgan fingerprint density at radius 1 is 1.38 bits per heavy atom. The largest absolute Gasteiger partial charge is 0.363 e. The second-order valence-corrected chi connectivity index (χ2v) is 4.11. The molecule has 1 heterocycles. The lowest BCUT2D eigenvalue weighted by Gasteiger charge is -2.00. The molecule has 0 atom stereocenters. The summed E-state index contributed by atoms with van der Waals surface area (Å²) < 4.78 is 0. The smallest absolute Gasteiger partial charge is 0.156 e. The van der Waals surface area contributed by atoms with Gasteiger partial charge in [-0.1, -0.05) is 37.9 Å². The summed E-state index contributed by atoms with van der Waals surface area (Å²) in [5, 5.41) is 4.42. The molecule has 4 heteroatoms. The van der Waals surface area contributed by atoms with Crippen LogP contribution in [0, 0.1) is 0 Å². The molecule has 0 amide bonds. The van der Waals surface area contributed by atoms with E-state index in [0.29, 0.717) is 0 Å². The van der Waals surface area contributed by atoms with E-state index in [9.17, 15) is 0 Å². The van der Waals surface area contributed by atoms with Crippen LogP contribution in [-0.4, -0.2) is 24.0 Å². The number of nitrogens with zero attached hydrogens (tertiary/aromatic N) is 1. The van der Waals surface area contributed by atoms with Crippen molar-refractivity contribution < 1.29 is 0 Å². The molecule has 0 saturated carbocycles. The Morgan fingerprint density at radius 2 is 2.23 bits per heavy atom. The first-order valence-electron chi connectivity index (χ1n) is 4.84. The molecule has 0 aromatic carbocycles. The number of hydrogen-bond donors (Lipinski definition) is 1. The van der Waals surface area contributed by atoms with Crippen molar-refractivity contribution in [3.05, 3.63) is 0 Å². The SMILES string of the molecule is CCCCCCSC1=NCCN1.I. The molecule has 1 rings (SSSR count). The lowest BCUT2D eigenvalue weighted by Crippen LogP contribution is -2.15. The molecule has 0 saturated heterocycles. The molecule has 0 aromatic heterocycles. The number of hydrogen-bond acceptors (Lipinski definition) is 3.